The zero-order valence-electron chi connectivity index (χ0n) is 17.7. The fourth-order valence-electron chi connectivity index (χ4n) is 4.00. The third-order valence-electron chi connectivity index (χ3n) is 5.61. The summed E-state index contributed by atoms with van der Waals surface area (Å²) >= 11 is 5.15. The molecule has 0 aliphatic carbocycles. The summed E-state index contributed by atoms with van der Waals surface area (Å²) in [5.41, 5.74) is 1.66. The van der Waals surface area contributed by atoms with Gasteiger partial charge in [0.15, 0.2) is 5.11 Å². The first-order valence-electron chi connectivity index (χ1n) is 10.4. The summed E-state index contributed by atoms with van der Waals surface area (Å²) in [4.78, 5) is 26.9. The summed E-state index contributed by atoms with van der Waals surface area (Å²) in [6.45, 7) is 0.266. The number of para-hydroxylation sites is 2. The van der Waals surface area contributed by atoms with E-state index in [0.717, 1.165) is 15.8 Å². The van der Waals surface area contributed by atoms with Crippen molar-refractivity contribution in [3.63, 3.8) is 0 Å². The maximum atomic E-state index is 14.4. The molecular formula is C26H17F2N3O2S. The summed E-state index contributed by atoms with van der Waals surface area (Å²) < 4.78 is 30.5. The number of anilines is 1. The molecule has 1 aromatic heterocycles. The van der Waals surface area contributed by atoms with Crippen molar-refractivity contribution in [2.75, 3.05) is 4.90 Å². The van der Waals surface area contributed by atoms with Crippen LogP contribution in [0.3, 0.4) is 0 Å². The van der Waals surface area contributed by atoms with E-state index in [4.69, 9.17) is 12.2 Å². The molecule has 0 unspecified atom stereocenters. The lowest BCUT2D eigenvalue weighted by Crippen LogP contribution is -2.54. The van der Waals surface area contributed by atoms with Gasteiger partial charge in [0.1, 0.15) is 17.2 Å². The Morgan fingerprint density at radius 2 is 1.56 bits per heavy atom. The normalized spacial score (nSPS) is 15.3. The van der Waals surface area contributed by atoms with E-state index >= 15 is 0 Å². The van der Waals surface area contributed by atoms with Gasteiger partial charge in [0, 0.05) is 28.2 Å². The number of thiocarbonyl (C=S) groups is 1. The predicted molar refractivity (Wildman–Crippen MR) is 130 cm³/mol. The zero-order chi connectivity index (χ0) is 23.8. The standard InChI is InChI=1S/C26H17F2N3O2S/c27-20-9-3-1-7-16(20)14-30-15-17(18-8-2-5-11-22(18)30)13-19-24(32)29-26(34)31(25(19)33)23-12-6-4-10-21(23)28/h1-13,15H,14H2,(H,29,32,34)/b19-13+. The molecule has 34 heavy (non-hydrogen) atoms. The van der Waals surface area contributed by atoms with Crippen molar-refractivity contribution in [3.05, 3.63) is 107 Å². The number of amides is 2. The SMILES string of the molecule is O=C1NC(=S)N(c2ccccc2F)C(=O)/C1=C/c1cn(Cc2ccccc2F)c2ccccc12. The predicted octanol–water partition coefficient (Wildman–Crippen LogP) is 4.80. The molecule has 1 N–H and O–H groups in total. The first kappa shape index (κ1) is 21.7. The van der Waals surface area contributed by atoms with E-state index in [0.29, 0.717) is 11.1 Å². The molecule has 0 saturated carbocycles. The fourth-order valence-corrected chi connectivity index (χ4v) is 4.27. The maximum Gasteiger partial charge on any atom is 0.270 e. The Morgan fingerprint density at radius 1 is 0.882 bits per heavy atom. The van der Waals surface area contributed by atoms with Crippen molar-refractivity contribution in [2.24, 2.45) is 0 Å². The van der Waals surface area contributed by atoms with E-state index in [-0.39, 0.29) is 28.7 Å². The van der Waals surface area contributed by atoms with Crippen molar-refractivity contribution in [1.82, 2.24) is 9.88 Å². The number of nitrogens with one attached hydrogen (secondary N) is 1. The van der Waals surface area contributed by atoms with Gasteiger partial charge in [-0.3, -0.25) is 14.9 Å². The highest BCUT2D eigenvalue weighted by molar-refractivity contribution is 7.80. The Morgan fingerprint density at radius 3 is 2.32 bits per heavy atom. The van der Waals surface area contributed by atoms with Crippen LogP contribution in [0.2, 0.25) is 0 Å². The van der Waals surface area contributed by atoms with Gasteiger partial charge in [0.25, 0.3) is 11.8 Å². The van der Waals surface area contributed by atoms with E-state index in [1.807, 2.05) is 28.8 Å². The Labute approximate surface area is 198 Å². The van der Waals surface area contributed by atoms with E-state index in [9.17, 15) is 18.4 Å². The Balaban J connectivity index is 1.59. The minimum Gasteiger partial charge on any atom is -0.342 e. The monoisotopic (exact) mass is 473 g/mol. The fraction of sp³-hybridized carbons (Fsp3) is 0.0385. The molecule has 2 heterocycles. The Bertz CT molecular complexity index is 1510. The molecule has 0 atom stereocenters. The third-order valence-corrected chi connectivity index (χ3v) is 5.90. The van der Waals surface area contributed by atoms with Gasteiger partial charge in [-0.25, -0.2) is 13.7 Å². The molecule has 2 amide bonds. The molecule has 3 aromatic carbocycles. The summed E-state index contributed by atoms with van der Waals surface area (Å²) in [6, 6.07) is 19.6. The quantitative estimate of drug-likeness (QED) is 0.263. The van der Waals surface area contributed by atoms with Gasteiger partial charge in [-0.2, -0.15) is 0 Å². The van der Waals surface area contributed by atoms with Crippen molar-refractivity contribution in [3.8, 4) is 0 Å². The molecule has 0 bridgehead atoms. The molecule has 1 aliphatic rings. The second kappa shape index (κ2) is 8.64. The van der Waals surface area contributed by atoms with Crippen LogP contribution in [0.4, 0.5) is 14.5 Å². The summed E-state index contributed by atoms with van der Waals surface area (Å²) in [7, 11) is 0. The van der Waals surface area contributed by atoms with Gasteiger partial charge in [0.05, 0.1) is 12.2 Å². The molecule has 5 rings (SSSR count). The molecule has 4 aromatic rings. The number of carbonyl (C=O) groups is 2. The second-order valence-electron chi connectivity index (χ2n) is 7.73. The van der Waals surface area contributed by atoms with E-state index in [2.05, 4.69) is 5.32 Å². The third kappa shape index (κ3) is 3.78. The summed E-state index contributed by atoms with van der Waals surface area (Å²) in [5, 5.41) is 3.04. The van der Waals surface area contributed by atoms with Gasteiger partial charge in [-0.05, 0) is 42.6 Å². The summed E-state index contributed by atoms with van der Waals surface area (Å²) in [5.74, 6) is -2.37. The van der Waals surface area contributed by atoms with Crippen LogP contribution in [0.5, 0.6) is 0 Å². The van der Waals surface area contributed by atoms with Gasteiger partial charge in [-0.15, -0.1) is 0 Å². The molecular weight excluding hydrogens is 456 g/mol. The summed E-state index contributed by atoms with van der Waals surface area (Å²) in [6.07, 6.45) is 3.21. The number of hydrogen-bond donors (Lipinski definition) is 1. The van der Waals surface area contributed by atoms with E-state index in [1.165, 1.54) is 30.3 Å². The number of carbonyl (C=O) groups excluding carboxylic acids is 2. The average Bonchev–Trinajstić information content (AvgIpc) is 3.16. The van der Waals surface area contributed by atoms with Gasteiger partial charge in [0.2, 0.25) is 0 Å². The van der Waals surface area contributed by atoms with Crippen LogP contribution in [-0.4, -0.2) is 21.5 Å². The smallest absolute Gasteiger partial charge is 0.270 e. The number of aromatic nitrogens is 1. The van der Waals surface area contributed by atoms with Crippen LogP contribution >= 0.6 is 12.2 Å². The lowest BCUT2D eigenvalue weighted by Gasteiger charge is -2.29. The Hall–Kier alpha value is -4.17. The molecule has 8 heteroatoms. The molecule has 0 radical (unpaired) electrons. The van der Waals surface area contributed by atoms with E-state index in [1.54, 1.807) is 30.5 Å². The highest BCUT2D eigenvalue weighted by atomic mass is 32.1. The number of nitrogens with zero attached hydrogens (tertiary/aromatic N) is 2. The van der Waals surface area contributed by atoms with Gasteiger partial charge in [-0.1, -0.05) is 48.5 Å². The average molecular weight is 474 g/mol. The van der Waals surface area contributed by atoms with Crippen LogP contribution in [0.1, 0.15) is 11.1 Å². The van der Waals surface area contributed by atoms with Crippen LogP contribution < -0.4 is 10.2 Å². The first-order valence-corrected chi connectivity index (χ1v) is 10.8. The second-order valence-corrected chi connectivity index (χ2v) is 8.12. The number of hydrogen-bond acceptors (Lipinski definition) is 3. The number of fused-ring (bicyclic) bond motifs is 1. The maximum absolute atomic E-state index is 14.4. The Kier molecular flexibility index (Phi) is 5.51. The molecule has 5 nitrogen and oxygen atoms in total. The number of rotatable bonds is 4. The van der Waals surface area contributed by atoms with Gasteiger partial charge < -0.3 is 4.57 Å². The van der Waals surface area contributed by atoms with Crippen molar-refractivity contribution in [2.45, 2.75) is 6.54 Å². The first-order chi connectivity index (χ1) is 16.4. The number of halogens is 2. The minimum absolute atomic E-state index is 0.0506. The van der Waals surface area contributed by atoms with Crippen LogP contribution in [-0.2, 0) is 16.1 Å². The highest BCUT2D eigenvalue weighted by Crippen LogP contribution is 2.28. The topological polar surface area (TPSA) is 54.3 Å². The van der Waals surface area contributed by atoms with Crippen molar-refractivity contribution in [1.29, 1.82) is 0 Å². The molecule has 0 spiro atoms. The molecule has 1 fully saturated rings. The van der Waals surface area contributed by atoms with Crippen LogP contribution in [0.25, 0.3) is 17.0 Å². The number of benzene rings is 3. The molecule has 1 saturated heterocycles. The van der Waals surface area contributed by atoms with Crippen molar-refractivity contribution < 1.29 is 18.4 Å². The van der Waals surface area contributed by atoms with Crippen LogP contribution in [0, 0.1) is 11.6 Å². The molecule has 168 valence electrons. The largest absolute Gasteiger partial charge is 0.342 e. The zero-order valence-corrected chi connectivity index (χ0v) is 18.5. The lowest BCUT2D eigenvalue weighted by atomic mass is 10.1. The highest BCUT2D eigenvalue weighted by Gasteiger charge is 2.35. The van der Waals surface area contributed by atoms with E-state index < -0.39 is 17.6 Å². The van der Waals surface area contributed by atoms with Gasteiger partial charge >= 0.3 is 0 Å². The lowest BCUT2D eigenvalue weighted by molar-refractivity contribution is -0.122. The van der Waals surface area contributed by atoms with Crippen molar-refractivity contribution >= 4 is 51.8 Å². The molecule has 1 aliphatic heterocycles. The van der Waals surface area contributed by atoms with Crippen LogP contribution in [0.15, 0.2) is 84.6 Å². The minimum atomic E-state index is -0.732.